The molecule has 4 heteroatoms. The van der Waals surface area contributed by atoms with Gasteiger partial charge < -0.3 is 15.8 Å². The van der Waals surface area contributed by atoms with Gasteiger partial charge in [-0.1, -0.05) is 15.9 Å². The van der Waals surface area contributed by atoms with Crippen LogP contribution in [-0.4, -0.2) is 19.2 Å². The monoisotopic (exact) mass is 312 g/mol. The van der Waals surface area contributed by atoms with Crippen LogP contribution in [-0.2, 0) is 0 Å². The highest BCUT2D eigenvalue weighted by Gasteiger charge is 2.20. The highest BCUT2D eigenvalue weighted by Crippen LogP contribution is 2.34. The van der Waals surface area contributed by atoms with Gasteiger partial charge in [0.2, 0.25) is 0 Å². The molecule has 0 bridgehead atoms. The summed E-state index contributed by atoms with van der Waals surface area (Å²) in [4.78, 5) is 0. The van der Waals surface area contributed by atoms with Gasteiger partial charge in [0.1, 0.15) is 5.75 Å². The maximum absolute atomic E-state index is 6.03. The summed E-state index contributed by atoms with van der Waals surface area (Å²) in [6.45, 7) is 2.10. The first-order valence-corrected chi connectivity index (χ1v) is 7.25. The van der Waals surface area contributed by atoms with Gasteiger partial charge in [-0.15, -0.1) is 0 Å². The summed E-state index contributed by atoms with van der Waals surface area (Å²) in [6, 6.07) is 4.90. The lowest BCUT2D eigenvalue weighted by Gasteiger charge is -2.29. The molecule has 2 rings (SSSR count). The Hall–Kier alpha value is -0.740. The van der Waals surface area contributed by atoms with E-state index in [4.69, 9.17) is 10.5 Å². The number of nitrogens with two attached hydrogens (primary N) is 1. The normalized spacial score (nSPS) is 23.8. The minimum atomic E-state index is 0.331. The van der Waals surface area contributed by atoms with Gasteiger partial charge in [0, 0.05) is 16.6 Å². The zero-order valence-electron chi connectivity index (χ0n) is 11.0. The molecule has 0 heterocycles. The number of hydrogen-bond acceptors (Lipinski definition) is 3. The van der Waals surface area contributed by atoms with E-state index in [0.29, 0.717) is 12.1 Å². The third-order valence-corrected chi connectivity index (χ3v) is 4.01. The Balaban J connectivity index is 2.17. The molecule has 0 amide bonds. The van der Waals surface area contributed by atoms with Gasteiger partial charge in [0.15, 0.2) is 0 Å². The largest absolute Gasteiger partial charge is 0.495 e. The van der Waals surface area contributed by atoms with Crippen LogP contribution in [0.4, 0.5) is 5.69 Å². The maximum Gasteiger partial charge on any atom is 0.143 e. The first-order chi connectivity index (χ1) is 8.60. The van der Waals surface area contributed by atoms with Crippen LogP contribution in [0.2, 0.25) is 0 Å². The van der Waals surface area contributed by atoms with E-state index in [1.54, 1.807) is 7.11 Å². The Kier molecular flexibility index (Phi) is 4.51. The van der Waals surface area contributed by atoms with Gasteiger partial charge in [-0.05, 0) is 50.3 Å². The van der Waals surface area contributed by atoms with Crippen LogP contribution in [0.25, 0.3) is 0 Å². The standard InChI is InChI=1S/C14H21BrN2O/c1-9-6-10(15)7-13(18-2)14(9)17-12-5-3-4-11(16)8-12/h6-7,11-12,17H,3-5,8,16H2,1-2H3. The number of rotatable bonds is 3. The number of benzene rings is 1. The number of aryl methyl sites for hydroxylation is 1. The van der Waals surface area contributed by atoms with E-state index >= 15 is 0 Å². The van der Waals surface area contributed by atoms with Crippen LogP contribution in [0.15, 0.2) is 16.6 Å². The van der Waals surface area contributed by atoms with Crippen LogP contribution in [0.3, 0.4) is 0 Å². The van der Waals surface area contributed by atoms with Crippen LogP contribution in [0.5, 0.6) is 5.75 Å². The van der Waals surface area contributed by atoms with E-state index in [0.717, 1.165) is 28.8 Å². The average molecular weight is 313 g/mol. The Morgan fingerprint density at radius 1 is 1.39 bits per heavy atom. The van der Waals surface area contributed by atoms with Crippen molar-refractivity contribution in [3.05, 3.63) is 22.2 Å². The molecular weight excluding hydrogens is 292 g/mol. The van der Waals surface area contributed by atoms with Crippen molar-refractivity contribution < 1.29 is 4.74 Å². The number of methoxy groups -OCH3 is 1. The fourth-order valence-corrected chi connectivity index (χ4v) is 3.17. The van der Waals surface area contributed by atoms with Crippen molar-refractivity contribution in [3.8, 4) is 5.75 Å². The molecule has 100 valence electrons. The molecule has 0 saturated heterocycles. The predicted molar refractivity (Wildman–Crippen MR) is 79.3 cm³/mol. The zero-order valence-corrected chi connectivity index (χ0v) is 12.6. The molecule has 2 atom stereocenters. The Labute approximate surface area is 117 Å². The molecule has 1 aliphatic carbocycles. The van der Waals surface area contributed by atoms with Gasteiger partial charge in [0.25, 0.3) is 0 Å². The molecule has 0 aromatic heterocycles. The Morgan fingerprint density at radius 2 is 2.17 bits per heavy atom. The highest BCUT2D eigenvalue weighted by molar-refractivity contribution is 9.10. The van der Waals surface area contributed by atoms with Gasteiger partial charge in [0.05, 0.1) is 12.8 Å². The fraction of sp³-hybridized carbons (Fsp3) is 0.571. The predicted octanol–water partition coefficient (Wildman–Crippen LogP) is 3.45. The quantitative estimate of drug-likeness (QED) is 0.898. The Morgan fingerprint density at radius 3 is 2.83 bits per heavy atom. The maximum atomic E-state index is 6.03. The summed E-state index contributed by atoms with van der Waals surface area (Å²) in [7, 11) is 1.71. The second kappa shape index (κ2) is 5.93. The first-order valence-electron chi connectivity index (χ1n) is 6.46. The molecule has 0 aliphatic heterocycles. The van der Waals surface area contributed by atoms with Crippen molar-refractivity contribution in [2.45, 2.75) is 44.7 Å². The summed E-state index contributed by atoms with van der Waals surface area (Å²) in [5.74, 6) is 0.890. The van der Waals surface area contributed by atoms with E-state index in [1.807, 2.05) is 6.07 Å². The molecule has 1 aromatic rings. The third kappa shape index (κ3) is 3.18. The van der Waals surface area contributed by atoms with Crippen molar-refractivity contribution in [1.29, 1.82) is 0 Å². The summed E-state index contributed by atoms with van der Waals surface area (Å²) < 4.78 is 6.50. The molecule has 0 spiro atoms. The number of hydrogen-bond donors (Lipinski definition) is 2. The third-order valence-electron chi connectivity index (χ3n) is 3.55. The van der Waals surface area contributed by atoms with E-state index in [2.05, 4.69) is 34.2 Å². The molecule has 3 nitrogen and oxygen atoms in total. The molecule has 1 saturated carbocycles. The minimum absolute atomic E-state index is 0.331. The average Bonchev–Trinajstić information content (AvgIpc) is 2.32. The number of anilines is 1. The molecule has 0 radical (unpaired) electrons. The van der Waals surface area contributed by atoms with Gasteiger partial charge in [-0.2, -0.15) is 0 Å². The molecule has 1 fully saturated rings. The summed E-state index contributed by atoms with van der Waals surface area (Å²) in [6.07, 6.45) is 4.58. The second-order valence-corrected chi connectivity index (χ2v) is 5.98. The second-order valence-electron chi connectivity index (χ2n) is 5.07. The Bertz CT molecular complexity index is 423. The highest BCUT2D eigenvalue weighted by atomic mass is 79.9. The summed E-state index contributed by atoms with van der Waals surface area (Å²) in [5, 5.41) is 3.60. The molecule has 2 unspecified atom stereocenters. The van der Waals surface area contributed by atoms with Gasteiger partial charge in [-0.3, -0.25) is 0 Å². The van der Waals surface area contributed by atoms with E-state index < -0.39 is 0 Å². The smallest absolute Gasteiger partial charge is 0.143 e. The van der Waals surface area contributed by atoms with Crippen LogP contribution in [0, 0.1) is 6.92 Å². The van der Waals surface area contributed by atoms with E-state index in [9.17, 15) is 0 Å². The fourth-order valence-electron chi connectivity index (χ4n) is 2.62. The molecule has 1 aromatic carbocycles. The molecule has 3 N–H and O–H groups in total. The first kappa shape index (κ1) is 13.7. The van der Waals surface area contributed by atoms with Gasteiger partial charge >= 0.3 is 0 Å². The van der Waals surface area contributed by atoms with Crippen LogP contribution in [0.1, 0.15) is 31.2 Å². The molecule has 18 heavy (non-hydrogen) atoms. The van der Waals surface area contributed by atoms with Crippen molar-refractivity contribution in [2.24, 2.45) is 5.73 Å². The van der Waals surface area contributed by atoms with Crippen molar-refractivity contribution in [1.82, 2.24) is 0 Å². The summed E-state index contributed by atoms with van der Waals surface area (Å²) in [5.41, 5.74) is 8.32. The molecular formula is C14H21BrN2O. The van der Waals surface area contributed by atoms with Crippen molar-refractivity contribution >= 4 is 21.6 Å². The van der Waals surface area contributed by atoms with Crippen molar-refractivity contribution in [3.63, 3.8) is 0 Å². The number of ether oxygens (including phenoxy) is 1. The lowest BCUT2D eigenvalue weighted by molar-refractivity contribution is 0.400. The lowest BCUT2D eigenvalue weighted by atomic mass is 9.91. The number of halogens is 1. The molecule has 1 aliphatic rings. The SMILES string of the molecule is COc1cc(Br)cc(C)c1NC1CCCC(N)C1. The van der Waals surface area contributed by atoms with Gasteiger partial charge in [-0.25, -0.2) is 0 Å². The van der Waals surface area contributed by atoms with Crippen LogP contribution >= 0.6 is 15.9 Å². The lowest BCUT2D eigenvalue weighted by Crippen LogP contribution is -2.35. The van der Waals surface area contributed by atoms with E-state index in [1.165, 1.54) is 18.4 Å². The number of nitrogens with one attached hydrogen (secondary N) is 1. The minimum Gasteiger partial charge on any atom is -0.495 e. The van der Waals surface area contributed by atoms with E-state index in [-0.39, 0.29) is 0 Å². The summed E-state index contributed by atoms with van der Waals surface area (Å²) >= 11 is 3.49. The van der Waals surface area contributed by atoms with Crippen molar-refractivity contribution in [2.75, 3.05) is 12.4 Å². The topological polar surface area (TPSA) is 47.3 Å². The van der Waals surface area contributed by atoms with Crippen LogP contribution < -0.4 is 15.8 Å². The zero-order chi connectivity index (χ0) is 13.1.